The second kappa shape index (κ2) is 9.08. The molecule has 36 heavy (non-hydrogen) atoms. The molecule has 2 aromatic rings. The van der Waals surface area contributed by atoms with E-state index in [2.05, 4.69) is 21.9 Å². The van der Waals surface area contributed by atoms with Crippen molar-refractivity contribution >= 4 is 23.1 Å². The van der Waals surface area contributed by atoms with Crippen LogP contribution in [-0.2, 0) is 4.74 Å². The largest absolute Gasteiger partial charge is 0.505 e. The lowest BCUT2D eigenvalue weighted by molar-refractivity contribution is 0.0626. The van der Waals surface area contributed by atoms with Crippen molar-refractivity contribution in [3.05, 3.63) is 94.3 Å². The number of benzene rings is 2. The molecule has 0 amide bonds. The van der Waals surface area contributed by atoms with Crippen LogP contribution in [0.15, 0.2) is 87.6 Å². The number of nitriles is 1. The van der Waals surface area contributed by atoms with Crippen LogP contribution < -0.4 is 21.7 Å². The second-order valence-electron chi connectivity index (χ2n) is 7.96. The lowest BCUT2D eigenvalue weighted by Crippen LogP contribution is -2.44. The Balaban J connectivity index is 1.47. The van der Waals surface area contributed by atoms with E-state index in [1.165, 1.54) is 0 Å². The maximum absolute atomic E-state index is 10.2. The SMILES string of the molecule is N#Cc1ccc(N2NC=C3C2=NC(c2ccc(C4=C(O)C(O)=C(O)C(CO)O4)cc2)=NC3NN)cc1. The van der Waals surface area contributed by atoms with E-state index in [1.807, 2.05) is 0 Å². The minimum absolute atomic E-state index is 0.0912. The fraction of sp³-hybridized carbons (Fsp3) is 0.125. The Morgan fingerprint density at radius 3 is 2.39 bits per heavy atom. The molecule has 2 aromatic carbocycles. The summed E-state index contributed by atoms with van der Waals surface area (Å²) in [5.74, 6) is 4.58. The van der Waals surface area contributed by atoms with Gasteiger partial charge < -0.3 is 25.2 Å². The number of hydrazine groups is 2. The first-order chi connectivity index (χ1) is 17.4. The van der Waals surface area contributed by atoms with Gasteiger partial charge in [-0.25, -0.2) is 20.4 Å². The van der Waals surface area contributed by atoms with Gasteiger partial charge in [0.15, 0.2) is 29.3 Å². The topological polar surface area (TPSA) is 192 Å². The number of fused-ring (bicyclic) bond motifs is 1. The van der Waals surface area contributed by atoms with Gasteiger partial charge in [0.2, 0.25) is 11.5 Å². The summed E-state index contributed by atoms with van der Waals surface area (Å²) in [4.78, 5) is 9.29. The average Bonchev–Trinajstić information content (AvgIpc) is 3.36. The van der Waals surface area contributed by atoms with Gasteiger partial charge >= 0.3 is 0 Å². The normalized spacial score (nSPS) is 21.1. The lowest BCUT2D eigenvalue weighted by Gasteiger charge is -2.26. The number of aliphatic hydroxyl groups excluding tert-OH is 4. The molecule has 12 nitrogen and oxygen atoms in total. The van der Waals surface area contributed by atoms with Crippen LogP contribution in [0.5, 0.6) is 0 Å². The summed E-state index contributed by atoms with van der Waals surface area (Å²) in [6, 6.07) is 15.7. The highest BCUT2D eigenvalue weighted by Gasteiger charge is 2.34. The number of amidine groups is 2. The molecule has 0 radical (unpaired) electrons. The first-order valence-electron chi connectivity index (χ1n) is 10.8. The Hall–Kier alpha value is -4.83. The molecule has 5 rings (SSSR count). The summed E-state index contributed by atoms with van der Waals surface area (Å²) in [5, 5.41) is 50.2. The van der Waals surface area contributed by atoms with Crippen LogP contribution in [0.2, 0.25) is 0 Å². The van der Waals surface area contributed by atoms with Gasteiger partial charge in [-0.3, -0.25) is 11.3 Å². The molecule has 0 aromatic heterocycles. The van der Waals surface area contributed by atoms with Crippen molar-refractivity contribution in [2.24, 2.45) is 15.8 Å². The van der Waals surface area contributed by atoms with Crippen molar-refractivity contribution in [3.8, 4) is 6.07 Å². The molecule has 0 aliphatic carbocycles. The number of aliphatic hydroxyl groups is 4. The van der Waals surface area contributed by atoms with Crippen LogP contribution in [0.4, 0.5) is 5.69 Å². The molecule has 0 fully saturated rings. The number of anilines is 1. The molecule has 12 heteroatoms. The number of nitrogens with two attached hydrogens (primary N) is 1. The van der Waals surface area contributed by atoms with E-state index < -0.39 is 36.2 Å². The molecule has 3 heterocycles. The standard InChI is InChI=1S/C24H21N7O5/c25-9-12-1-7-15(8-2-12)31-24-16(10-27-31)23(30-26)28-22(29-24)14-5-3-13(4-6-14)21-20(35)19(34)18(33)17(11-32)36-21/h1-8,10,17,23,27,30,32-35H,11,26H2. The van der Waals surface area contributed by atoms with Crippen molar-refractivity contribution < 1.29 is 25.2 Å². The zero-order valence-corrected chi connectivity index (χ0v) is 18.6. The monoisotopic (exact) mass is 487 g/mol. The van der Waals surface area contributed by atoms with Crippen LogP contribution in [-0.4, -0.2) is 51.0 Å². The first kappa shape index (κ1) is 22.9. The number of ether oxygens (including phenoxy) is 1. The van der Waals surface area contributed by atoms with Crippen molar-refractivity contribution in [3.63, 3.8) is 0 Å². The molecule has 2 unspecified atom stereocenters. The van der Waals surface area contributed by atoms with Gasteiger partial charge in [-0.2, -0.15) is 5.26 Å². The second-order valence-corrected chi connectivity index (χ2v) is 7.96. The Bertz CT molecular complexity index is 1400. The molecule has 0 spiro atoms. The van der Waals surface area contributed by atoms with Crippen molar-refractivity contribution in [1.29, 1.82) is 5.26 Å². The zero-order chi connectivity index (χ0) is 25.4. The molecule has 3 aliphatic rings. The van der Waals surface area contributed by atoms with Crippen molar-refractivity contribution in [2.75, 3.05) is 11.6 Å². The zero-order valence-electron chi connectivity index (χ0n) is 18.6. The first-order valence-corrected chi connectivity index (χ1v) is 10.8. The highest BCUT2D eigenvalue weighted by Crippen LogP contribution is 2.32. The Labute approximate surface area is 204 Å². The predicted molar refractivity (Wildman–Crippen MR) is 130 cm³/mol. The van der Waals surface area contributed by atoms with E-state index >= 15 is 0 Å². The van der Waals surface area contributed by atoms with Crippen molar-refractivity contribution in [1.82, 2.24) is 10.9 Å². The van der Waals surface area contributed by atoms with Gasteiger partial charge in [0.05, 0.1) is 29.5 Å². The molecule has 182 valence electrons. The number of nitrogens with one attached hydrogen (secondary N) is 2. The third kappa shape index (κ3) is 3.79. The van der Waals surface area contributed by atoms with E-state index in [9.17, 15) is 20.4 Å². The van der Waals surface area contributed by atoms with Crippen LogP contribution in [0.25, 0.3) is 5.76 Å². The molecular weight excluding hydrogens is 466 g/mol. The van der Waals surface area contributed by atoms with E-state index in [-0.39, 0.29) is 5.76 Å². The maximum Gasteiger partial charge on any atom is 0.204 e. The minimum atomic E-state index is -1.20. The number of nitrogens with zero attached hydrogens (tertiary/aromatic N) is 4. The molecule has 8 N–H and O–H groups in total. The fourth-order valence-corrected chi connectivity index (χ4v) is 3.91. The number of hydrogen-bond acceptors (Lipinski definition) is 12. The van der Waals surface area contributed by atoms with Crippen LogP contribution >= 0.6 is 0 Å². The summed E-state index contributed by atoms with van der Waals surface area (Å²) in [6.45, 7) is -0.591. The van der Waals surface area contributed by atoms with Gasteiger partial charge in [0, 0.05) is 17.3 Å². The smallest absolute Gasteiger partial charge is 0.204 e. The Morgan fingerprint density at radius 2 is 1.75 bits per heavy atom. The summed E-state index contributed by atoms with van der Waals surface area (Å²) in [5.41, 5.74) is 8.85. The third-order valence-corrected chi connectivity index (χ3v) is 5.81. The third-order valence-electron chi connectivity index (χ3n) is 5.81. The summed E-state index contributed by atoms with van der Waals surface area (Å²) < 4.78 is 5.46. The fourth-order valence-electron chi connectivity index (χ4n) is 3.91. The quantitative estimate of drug-likeness (QED) is 0.239. The highest BCUT2D eigenvalue weighted by atomic mass is 16.5. The molecule has 0 saturated heterocycles. The Morgan fingerprint density at radius 1 is 1.06 bits per heavy atom. The van der Waals surface area contributed by atoms with Gasteiger partial charge in [-0.15, -0.1) is 0 Å². The van der Waals surface area contributed by atoms with Gasteiger partial charge in [-0.05, 0) is 24.3 Å². The summed E-state index contributed by atoms with van der Waals surface area (Å²) in [6.07, 6.45) is -0.0330. The summed E-state index contributed by atoms with van der Waals surface area (Å²) in [7, 11) is 0. The van der Waals surface area contributed by atoms with E-state index in [0.717, 1.165) is 11.3 Å². The number of hydrogen-bond donors (Lipinski definition) is 7. The van der Waals surface area contributed by atoms with Crippen LogP contribution in [0.3, 0.4) is 0 Å². The lowest BCUT2D eigenvalue weighted by atomic mass is 10.0. The summed E-state index contributed by atoms with van der Waals surface area (Å²) >= 11 is 0. The van der Waals surface area contributed by atoms with E-state index in [1.54, 1.807) is 59.7 Å². The minimum Gasteiger partial charge on any atom is -0.505 e. The van der Waals surface area contributed by atoms with E-state index in [4.69, 9.17) is 20.8 Å². The van der Waals surface area contributed by atoms with Crippen LogP contribution in [0.1, 0.15) is 16.7 Å². The van der Waals surface area contributed by atoms with Crippen LogP contribution in [0, 0.1) is 11.3 Å². The molecule has 0 bridgehead atoms. The van der Waals surface area contributed by atoms with Crippen molar-refractivity contribution in [2.45, 2.75) is 12.3 Å². The molecule has 0 saturated carbocycles. The average molecular weight is 487 g/mol. The van der Waals surface area contributed by atoms with Gasteiger partial charge in [0.1, 0.15) is 6.17 Å². The van der Waals surface area contributed by atoms with E-state index in [0.29, 0.717) is 28.4 Å². The van der Waals surface area contributed by atoms with Gasteiger partial charge in [0.25, 0.3) is 0 Å². The number of rotatable bonds is 5. The molecular formula is C24H21N7O5. The molecule has 3 aliphatic heterocycles. The maximum atomic E-state index is 10.2. The molecule has 2 atom stereocenters. The number of aliphatic imine (C=N–C) groups is 2. The highest BCUT2D eigenvalue weighted by molar-refractivity contribution is 6.20. The van der Waals surface area contributed by atoms with Gasteiger partial charge in [-0.1, -0.05) is 24.3 Å². The Kier molecular flexibility index (Phi) is 5.79. The predicted octanol–water partition coefficient (Wildman–Crippen LogP) is 1.36.